The van der Waals surface area contributed by atoms with E-state index in [2.05, 4.69) is 0 Å². The molecule has 0 radical (unpaired) electrons. The Morgan fingerprint density at radius 1 is 1.35 bits per heavy atom. The number of carbonyl (C=O) groups is 1. The zero-order valence-corrected chi connectivity index (χ0v) is 11.3. The summed E-state index contributed by atoms with van der Waals surface area (Å²) in [4.78, 5) is 10.9. The van der Waals surface area contributed by atoms with Crippen molar-refractivity contribution in [2.75, 3.05) is 6.61 Å². The molecule has 5 heteroatoms. The minimum Gasteiger partial charge on any atom is -0.493 e. The first-order valence-electron chi connectivity index (χ1n) is 6.01. The molecule has 0 atom stereocenters. The predicted molar refractivity (Wildman–Crippen MR) is 72.3 cm³/mol. The summed E-state index contributed by atoms with van der Waals surface area (Å²) in [7, 11) is 0. The molecule has 1 rings (SSSR count). The highest BCUT2D eigenvalue weighted by Crippen LogP contribution is 2.22. The number of benzene rings is 1. The third kappa shape index (κ3) is 4.47. The number of esters is 1. The molecule has 102 valence electrons. The van der Waals surface area contributed by atoms with Crippen LogP contribution in [0.25, 0.3) is 6.08 Å². The summed E-state index contributed by atoms with van der Waals surface area (Å²) < 4.78 is 10.4. The number of nitriles is 2. The zero-order valence-electron chi connectivity index (χ0n) is 11.3. The van der Waals surface area contributed by atoms with Gasteiger partial charge in [0.15, 0.2) is 0 Å². The van der Waals surface area contributed by atoms with E-state index in [1.165, 1.54) is 13.0 Å². The molecular weight excluding hydrogens is 256 g/mol. The van der Waals surface area contributed by atoms with E-state index in [1.807, 2.05) is 6.92 Å². The van der Waals surface area contributed by atoms with Crippen molar-refractivity contribution in [3.8, 4) is 17.9 Å². The number of ether oxygens (including phenoxy) is 2. The molecule has 0 bridgehead atoms. The van der Waals surface area contributed by atoms with E-state index in [1.54, 1.807) is 30.3 Å². The van der Waals surface area contributed by atoms with Crippen molar-refractivity contribution in [2.24, 2.45) is 0 Å². The summed E-state index contributed by atoms with van der Waals surface area (Å²) in [6.07, 6.45) is 1.47. The van der Waals surface area contributed by atoms with Gasteiger partial charge in [-0.2, -0.15) is 10.5 Å². The van der Waals surface area contributed by atoms with Crippen molar-refractivity contribution >= 4 is 12.0 Å². The molecule has 0 N–H and O–H groups in total. The second kappa shape index (κ2) is 7.60. The Hall–Kier alpha value is -2.79. The van der Waals surface area contributed by atoms with E-state index in [0.29, 0.717) is 23.5 Å². The molecule has 1 aromatic carbocycles. The summed E-state index contributed by atoms with van der Waals surface area (Å²) in [5, 5.41) is 17.5. The summed E-state index contributed by atoms with van der Waals surface area (Å²) in [6, 6.07) is 8.77. The van der Waals surface area contributed by atoms with Crippen molar-refractivity contribution in [1.29, 1.82) is 10.5 Å². The minimum absolute atomic E-state index is 0.00703. The molecular formula is C15H14N2O3. The lowest BCUT2D eigenvalue weighted by Crippen LogP contribution is -2.02. The lowest BCUT2D eigenvalue weighted by atomic mass is 10.1. The van der Waals surface area contributed by atoms with Crippen LogP contribution in [0.15, 0.2) is 23.8 Å². The summed E-state index contributed by atoms with van der Waals surface area (Å²) in [6.45, 7) is 3.76. The maximum Gasteiger partial charge on any atom is 0.302 e. The lowest BCUT2D eigenvalue weighted by molar-refractivity contribution is -0.142. The molecule has 0 aliphatic carbocycles. The lowest BCUT2D eigenvalue weighted by Gasteiger charge is -2.11. The summed E-state index contributed by atoms with van der Waals surface area (Å²) in [5.74, 6) is 0.226. The molecule has 5 nitrogen and oxygen atoms in total. The molecule has 0 spiro atoms. The standard InChI is InChI=1S/C15H14N2O3/c1-3-19-15-5-4-12(6-13(8-16)9-17)7-14(15)10-20-11(2)18/h4-7H,3,10H2,1-2H3. The number of nitrogens with zero attached hydrogens (tertiary/aromatic N) is 2. The van der Waals surface area contributed by atoms with Crippen LogP contribution in [0.2, 0.25) is 0 Å². The van der Waals surface area contributed by atoms with E-state index >= 15 is 0 Å². The number of rotatable bonds is 5. The van der Waals surface area contributed by atoms with Gasteiger partial charge in [0.25, 0.3) is 0 Å². The van der Waals surface area contributed by atoms with Crippen molar-refractivity contribution in [3.63, 3.8) is 0 Å². The van der Waals surface area contributed by atoms with Gasteiger partial charge in [0.1, 0.15) is 30.1 Å². The largest absolute Gasteiger partial charge is 0.493 e. The first-order valence-corrected chi connectivity index (χ1v) is 6.01. The van der Waals surface area contributed by atoms with Crippen LogP contribution in [0, 0.1) is 22.7 Å². The molecule has 0 heterocycles. The quantitative estimate of drug-likeness (QED) is 0.606. The van der Waals surface area contributed by atoms with Gasteiger partial charge in [-0.1, -0.05) is 6.07 Å². The molecule has 0 amide bonds. The van der Waals surface area contributed by atoms with Crippen LogP contribution >= 0.6 is 0 Å². The maximum absolute atomic E-state index is 10.9. The molecule has 0 fully saturated rings. The Kier molecular flexibility index (Phi) is 5.80. The molecule has 0 aliphatic rings. The Morgan fingerprint density at radius 3 is 2.60 bits per heavy atom. The maximum atomic E-state index is 10.9. The van der Waals surface area contributed by atoms with Crippen LogP contribution in [0.5, 0.6) is 5.75 Å². The van der Waals surface area contributed by atoms with Gasteiger partial charge in [0, 0.05) is 12.5 Å². The van der Waals surface area contributed by atoms with Gasteiger partial charge in [0.2, 0.25) is 0 Å². The number of hydrogen-bond acceptors (Lipinski definition) is 5. The third-order valence-electron chi connectivity index (χ3n) is 2.37. The van der Waals surface area contributed by atoms with E-state index in [-0.39, 0.29) is 18.1 Å². The highest BCUT2D eigenvalue weighted by atomic mass is 16.5. The molecule has 1 aromatic rings. The normalized spacial score (nSPS) is 9.00. The summed E-state index contributed by atoms with van der Waals surface area (Å²) in [5.41, 5.74) is 1.37. The van der Waals surface area contributed by atoms with E-state index in [4.69, 9.17) is 20.0 Å². The van der Waals surface area contributed by atoms with Gasteiger partial charge in [0.05, 0.1) is 6.61 Å². The van der Waals surface area contributed by atoms with Crippen LogP contribution < -0.4 is 4.74 Å². The van der Waals surface area contributed by atoms with Gasteiger partial charge in [-0.3, -0.25) is 4.79 Å². The Morgan fingerprint density at radius 2 is 2.05 bits per heavy atom. The fourth-order valence-corrected chi connectivity index (χ4v) is 1.53. The average Bonchev–Trinajstić information content (AvgIpc) is 2.44. The topological polar surface area (TPSA) is 83.1 Å². The molecule has 0 aliphatic heterocycles. The van der Waals surface area contributed by atoms with Gasteiger partial charge >= 0.3 is 5.97 Å². The summed E-state index contributed by atoms with van der Waals surface area (Å²) >= 11 is 0. The number of allylic oxidation sites excluding steroid dienone is 1. The monoisotopic (exact) mass is 270 g/mol. The number of carbonyl (C=O) groups excluding carboxylic acids is 1. The Bertz CT molecular complexity index is 591. The van der Waals surface area contributed by atoms with Gasteiger partial charge in [-0.05, 0) is 30.7 Å². The average molecular weight is 270 g/mol. The third-order valence-corrected chi connectivity index (χ3v) is 2.37. The van der Waals surface area contributed by atoms with E-state index in [9.17, 15) is 4.79 Å². The van der Waals surface area contributed by atoms with Crippen molar-refractivity contribution < 1.29 is 14.3 Å². The van der Waals surface area contributed by atoms with Crippen LogP contribution in [-0.2, 0) is 16.1 Å². The van der Waals surface area contributed by atoms with Crippen molar-refractivity contribution in [1.82, 2.24) is 0 Å². The second-order valence-electron chi connectivity index (χ2n) is 3.86. The molecule has 0 saturated heterocycles. The highest BCUT2D eigenvalue weighted by molar-refractivity contribution is 5.66. The van der Waals surface area contributed by atoms with E-state index < -0.39 is 0 Å². The van der Waals surface area contributed by atoms with Crippen molar-refractivity contribution in [2.45, 2.75) is 20.5 Å². The van der Waals surface area contributed by atoms with Crippen molar-refractivity contribution in [3.05, 3.63) is 34.9 Å². The first-order chi connectivity index (χ1) is 9.60. The van der Waals surface area contributed by atoms with Crippen LogP contribution in [0.3, 0.4) is 0 Å². The SMILES string of the molecule is CCOc1ccc(C=C(C#N)C#N)cc1COC(C)=O. The Labute approximate surface area is 117 Å². The van der Waals surface area contributed by atoms with Crippen LogP contribution in [0.4, 0.5) is 0 Å². The van der Waals surface area contributed by atoms with Gasteiger partial charge in [-0.15, -0.1) is 0 Å². The Balaban J connectivity index is 3.10. The molecule has 0 saturated carbocycles. The fourth-order valence-electron chi connectivity index (χ4n) is 1.53. The smallest absolute Gasteiger partial charge is 0.302 e. The predicted octanol–water partition coefficient (Wildman–Crippen LogP) is 2.58. The molecule has 20 heavy (non-hydrogen) atoms. The van der Waals surface area contributed by atoms with Gasteiger partial charge in [-0.25, -0.2) is 0 Å². The van der Waals surface area contributed by atoms with Gasteiger partial charge < -0.3 is 9.47 Å². The molecule has 0 aromatic heterocycles. The first kappa shape index (κ1) is 15.3. The van der Waals surface area contributed by atoms with E-state index in [0.717, 1.165) is 0 Å². The van der Waals surface area contributed by atoms with Crippen LogP contribution in [0.1, 0.15) is 25.0 Å². The highest BCUT2D eigenvalue weighted by Gasteiger charge is 2.07. The molecule has 0 unspecified atom stereocenters. The second-order valence-corrected chi connectivity index (χ2v) is 3.86. The minimum atomic E-state index is -0.386. The fraction of sp³-hybridized carbons (Fsp3) is 0.267. The van der Waals surface area contributed by atoms with Crippen LogP contribution in [-0.4, -0.2) is 12.6 Å². The number of hydrogen-bond donors (Lipinski definition) is 0. The zero-order chi connectivity index (χ0) is 15.0.